The average Bonchev–Trinajstić information content (AvgIpc) is 2.65. The first-order valence-electron chi connectivity index (χ1n) is 5.15. The van der Waals surface area contributed by atoms with Crippen LogP contribution >= 0.6 is 0 Å². The van der Waals surface area contributed by atoms with E-state index in [0.717, 1.165) is 11.2 Å². The van der Waals surface area contributed by atoms with Crippen LogP contribution in [0.25, 0.3) is 10.9 Å². The topological polar surface area (TPSA) is 31.2 Å². The summed E-state index contributed by atoms with van der Waals surface area (Å²) in [5.41, 5.74) is 1.98. The van der Waals surface area contributed by atoms with Gasteiger partial charge in [-0.1, -0.05) is 6.07 Å². The Hall–Kier alpha value is -1.68. The number of aromatic nitrogens is 1. The summed E-state index contributed by atoms with van der Waals surface area (Å²) in [5, 5.41) is 0.415. The third-order valence-corrected chi connectivity index (χ3v) is 3.00. The molecule has 1 aliphatic rings. The Balaban J connectivity index is 2.46. The van der Waals surface area contributed by atoms with Gasteiger partial charge in [-0.2, -0.15) is 0 Å². The van der Waals surface area contributed by atoms with Crippen molar-refractivity contribution in [3.05, 3.63) is 35.3 Å². The van der Waals surface area contributed by atoms with Gasteiger partial charge in [-0.3, -0.25) is 4.79 Å². The van der Waals surface area contributed by atoms with Crippen LogP contribution in [0.15, 0.2) is 18.2 Å². The molecule has 0 atom stereocenters. The molecule has 0 radical (unpaired) electrons. The molecule has 0 saturated carbocycles. The zero-order valence-electron chi connectivity index (χ0n) is 8.57. The first-order chi connectivity index (χ1) is 7.83. The maximum Gasteiger partial charge on any atom is 0.152 e. The third-order valence-electron chi connectivity index (χ3n) is 3.00. The lowest BCUT2D eigenvalue weighted by Gasteiger charge is -2.16. The molecule has 0 fully saturated rings. The number of nitrogens with zero attached hydrogens (tertiary/aromatic N) is 1. The van der Waals surface area contributed by atoms with Crippen molar-refractivity contribution in [3.63, 3.8) is 0 Å². The molecule has 82 valence electrons. The average molecular weight is 219 g/mol. The van der Waals surface area contributed by atoms with Gasteiger partial charge < -0.3 is 9.30 Å². The zero-order valence-corrected chi connectivity index (χ0v) is 8.57. The van der Waals surface area contributed by atoms with Gasteiger partial charge in [0.2, 0.25) is 0 Å². The van der Waals surface area contributed by atoms with E-state index in [1.54, 1.807) is 6.07 Å². The largest absolute Gasteiger partial charge is 0.373 e. The van der Waals surface area contributed by atoms with Crippen LogP contribution in [0.3, 0.4) is 0 Å². The molecule has 0 aliphatic carbocycles. The molecule has 0 N–H and O–H groups in total. The molecule has 3 nitrogen and oxygen atoms in total. The molecule has 0 saturated heterocycles. The highest BCUT2D eigenvalue weighted by Crippen LogP contribution is 2.29. The SMILES string of the molecule is O=Cc1c2n(c3cccc(F)c13)CCOC2. The number of hydrogen-bond donors (Lipinski definition) is 0. The summed E-state index contributed by atoms with van der Waals surface area (Å²) in [6, 6.07) is 4.87. The van der Waals surface area contributed by atoms with E-state index in [9.17, 15) is 9.18 Å². The maximum absolute atomic E-state index is 13.7. The van der Waals surface area contributed by atoms with Gasteiger partial charge >= 0.3 is 0 Å². The second-order valence-electron chi connectivity index (χ2n) is 3.82. The number of carbonyl (C=O) groups excluding carboxylic acids is 1. The number of hydrogen-bond acceptors (Lipinski definition) is 2. The first-order valence-corrected chi connectivity index (χ1v) is 5.15. The van der Waals surface area contributed by atoms with Crippen LogP contribution < -0.4 is 0 Å². The predicted molar refractivity (Wildman–Crippen MR) is 56.9 cm³/mol. The predicted octanol–water partition coefficient (Wildman–Crippen LogP) is 2.12. The molecule has 1 aliphatic heterocycles. The van der Waals surface area contributed by atoms with Crippen molar-refractivity contribution in [1.82, 2.24) is 4.57 Å². The normalized spacial score (nSPS) is 15.1. The van der Waals surface area contributed by atoms with E-state index >= 15 is 0 Å². The Bertz CT molecular complexity index is 574. The highest BCUT2D eigenvalue weighted by Gasteiger charge is 2.21. The van der Waals surface area contributed by atoms with Crippen LogP contribution in [0.4, 0.5) is 4.39 Å². The van der Waals surface area contributed by atoms with Gasteiger partial charge in [0, 0.05) is 17.5 Å². The molecule has 3 rings (SSSR count). The van der Waals surface area contributed by atoms with E-state index in [4.69, 9.17) is 4.74 Å². The second-order valence-corrected chi connectivity index (χ2v) is 3.82. The molecule has 1 aromatic heterocycles. The number of carbonyl (C=O) groups is 1. The zero-order chi connectivity index (χ0) is 11.1. The summed E-state index contributed by atoms with van der Waals surface area (Å²) < 4.78 is 21.0. The molecule has 16 heavy (non-hydrogen) atoms. The Morgan fingerprint density at radius 1 is 1.44 bits per heavy atom. The number of ether oxygens (including phenoxy) is 1. The van der Waals surface area contributed by atoms with E-state index in [1.165, 1.54) is 6.07 Å². The minimum atomic E-state index is -0.346. The fourth-order valence-corrected chi connectivity index (χ4v) is 2.30. The molecular weight excluding hydrogens is 209 g/mol. The van der Waals surface area contributed by atoms with Gasteiger partial charge in [0.25, 0.3) is 0 Å². The standard InChI is InChI=1S/C12H10FNO2/c13-9-2-1-3-10-12(9)8(6-15)11-7-16-5-4-14(10)11/h1-3,6H,4-5,7H2. The van der Waals surface area contributed by atoms with Crippen molar-refractivity contribution < 1.29 is 13.9 Å². The lowest BCUT2D eigenvalue weighted by molar-refractivity contribution is 0.0849. The first kappa shape index (κ1) is 9.54. The van der Waals surface area contributed by atoms with E-state index in [0.29, 0.717) is 37.0 Å². The van der Waals surface area contributed by atoms with Gasteiger partial charge in [0.15, 0.2) is 6.29 Å². The van der Waals surface area contributed by atoms with Gasteiger partial charge in [0.05, 0.1) is 24.4 Å². The summed E-state index contributed by atoms with van der Waals surface area (Å²) in [6.07, 6.45) is 0.714. The quantitative estimate of drug-likeness (QED) is 0.688. The molecule has 1 aromatic carbocycles. The van der Waals surface area contributed by atoms with Crippen molar-refractivity contribution in [3.8, 4) is 0 Å². The van der Waals surface area contributed by atoms with Crippen molar-refractivity contribution in [1.29, 1.82) is 0 Å². The van der Waals surface area contributed by atoms with Crippen molar-refractivity contribution in [2.24, 2.45) is 0 Å². The minimum Gasteiger partial charge on any atom is -0.373 e. The Morgan fingerprint density at radius 2 is 2.31 bits per heavy atom. The van der Waals surface area contributed by atoms with E-state index in [1.807, 2.05) is 10.6 Å². The third kappa shape index (κ3) is 1.13. The number of aldehydes is 1. The van der Waals surface area contributed by atoms with Crippen LogP contribution in [0, 0.1) is 5.82 Å². The summed E-state index contributed by atoms with van der Waals surface area (Å²) in [6.45, 7) is 1.65. The summed E-state index contributed by atoms with van der Waals surface area (Å²) >= 11 is 0. The van der Waals surface area contributed by atoms with Crippen molar-refractivity contribution in [2.75, 3.05) is 6.61 Å². The molecule has 0 unspecified atom stereocenters. The number of rotatable bonds is 1. The molecule has 2 heterocycles. The van der Waals surface area contributed by atoms with E-state index in [-0.39, 0.29) is 5.82 Å². The van der Waals surface area contributed by atoms with Crippen LogP contribution in [-0.4, -0.2) is 17.5 Å². The highest BCUT2D eigenvalue weighted by molar-refractivity contribution is 5.99. The van der Waals surface area contributed by atoms with Gasteiger partial charge in [-0.15, -0.1) is 0 Å². The lowest BCUT2D eigenvalue weighted by atomic mass is 10.1. The number of benzene rings is 1. The monoisotopic (exact) mass is 219 g/mol. The molecule has 2 aromatic rings. The van der Waals surface area contributed by atoms with Gasteiger partial charge in [0.1, 0.15) is 5.82 Å². The van der Waals surface area contributed by atoms with Crippen LogP contribution in [0.2, 0.25) is 0 Å². The number of halogens is 1. The fraction of sp³-hybridized carbons (Fsp3) is 0.250. The Kier molecular flexibility index (Phi) is 2.04. The van der Waals surface area contributed by atoms with E-state index < -0.39 is 0 Å². The highest BCUT2D eigenvalue weighted by atomic mass is 19.1. The molecule has 0 bridgehead atoms. The van der Waals surface area contributed by atoms with Crippen LogP contribution in [0.5, 0.6) is 0 Å². The smallest absolute Gasteiger partial charge is 0.152 e. The van der Waals surface area contributed by atoms with Gasteiger partial charge in [-0.25, -0.2) is 4.39 Å². The van der Waals surface area contributed by atoms with E-state index in [2.05, 4.69) is 0 Å². The lowest BCUT2D eigenvalue weighted by Crippen LogP contribution is -2.16. The summed E-state index contributed by atoms with van der Waals surface area (Å²) in [4.78, 5) is 11.1. The maximum atomic E-state index is 13.7. The molecule has 4 heteroatoms. The van der Waals surface area contributed by atoms with Crippen molar-refractivity contribution in [2.45, 2.75) is 13.2 Å². The summed E-state index contributed by atoms with van der Waals surface area (Å²) in [7, 11) is 0. The molecular formula is C12H10FNO2. The molecule has 0 spiro atoms. The van der Waals surface area contributed by atoms with Crippen molar-refractivity contribution >= 4 is 17.2 Å². The van der Waals surface area contributed by atoms with Crippen LogP contribution in [0.1, 0.15) is 16.1 Å². The second kappa shape index (κ2) is 3.42. The Morgan fingerprint density at radius 3 is 3.12 bits per heavy atom. The Labute approximate surface area is 91.4 Å². The van der Waals surface area contributed by atoms with Gasteiger partial charge in [-0.05, 0) is 12.1 Å². The summed E-state index contributed by atoms with van der Waals surface area (Å²) in [5.74, 6) is -0.346. The van der Waals surface area contributed by atoms with Crippen LogP contribution in [-0.2, 0) is 17.9 Å². The minimum absolute atomic E-state index is 0.346. The fourth-order valence-electron chi connectivity index (χ4n) is 2.30. The number of fused-ring (bicyclic) bond motifs is 3. The molecule has 0 amide bonds.